The highest BCUT2D eigenvalue weighted by molar-refractivity contribution is 5.96. The van der Waals surface area contributed by atoms with Crippen molar-refractivity contribution in [1.82, 2.24) is 16.0 Å². The number of benzene rings is 2. The average Bonchev–Trinajstić information content (AvgIpc) is 3.49. The van der Waals surface area contributed by atoms with Crippen LogP contribution in [-0.2, 0) is 11.3 Å². The predicted molar refractivity (Wildman–Crippen MR) is 118 cm³/mol. The molecular formula is C24H21N3O5. The fourth-order valence-electron chi connectivity index (χ4n) is 3.10. The molecule has 2 heterocycles. The quantitative estimate of drug-likeness (QED) is 0.416. The third-order valence-electron chi connectivity index (χ3n) is 4.86. The number of furan rings is 2. The van der Waals surface area contributed by atoms with Gasteiger partial charge in [0.05, 0.1) is 6.54 Å². The van der Waals surface area contributed by atoms with Crippen molar-refractivity contribution in [1.29, 1.82) is 0 Å². The third kappa shape index (κ3) is 4.70. The van der Waals surface area contributed by atoms with Crippen LogP contribution < -0.4 is 16.0 Å². The Morgan fingerprint density at radius 1 is 0.812 bits per heavy atom. The number of carbonyl (C=O) groups is 3. The van der Waals surface area contributed by atoms with Crippen molar-refractivity contribution >= 4 is 28.7 Å². The Bertz CT molecular complexity index is 1240. The zero-order valence-electron chi connectivity index (χ0n) is 17.3. The van der Waals surface area contributed by atoms with E-state index in [4.69, 9.17) is 8.83 Å². The number of hydrogen-bond acceptors (Lipinski definition) is 5. The number of hydrogen-bond donors (Lipinski definition) is 3. The summed E-state index contributed by atoms with van der Waals surface area (Å²) in [4.78, 5) is 35.7. The molecule has 2 aromatic heterocycles. The van der Waals surface area contributed by atoms with Crippen molar-refractivity contribution < 1.29 is 23.2 Å². The zero-order chi connectivity index (χ0) is 22.5. The van der Waals surface area contributed by atoms with E-state index < -0.39 is 5.91 Å². The van der Waals surface area contributed by atoms with Gasteiger partial charge < -0.3 is 24.8 Å². The van der Waals surface area contributed by atoms with Crippen LogP contribution >= 0.6 is 0 Å². The van der Waals surface area contributed by atoms with E-state index in [0.29, 0.717) is 17.9 Å². The molecule has 3 amide bonds. The van der Waals surface area contributed by atoms with Gasteiger partial charge in [-0.15, -0.1) is 0 Å². The smallest absolute Gasteiger partial charge is 0.287 e. The predicted octanol–water partition coefficient (Wildman–Crippen LogP) is 3.10. The summed E-state index contributed by atoms with van der Waals surface area (Å²) < 4.78 is 11.2. The maximum atomic E-state index is 12.4. The number of carbonyl (C=O) groups excluding carboxylic acids is 3. The number of rotatable bonds is 7. The molecule has 0 aliphatic rings. The van der Waals surface area contributed by atoms with E-state index in [2.05, 4.69) is 16.0 Å². The minimum absolute atomic E-state index is 0.117. The van der Waals surface area contributed by atoms with Crippen molar-refractivity contribution in [2.45, 2.75) is 6.54 Å². The maximum absolute atomic E-state index is 12.4. The molecule has 0 aliphatic carbocycles. The number of fused-ring (bicyclic) bond motifs is 1. The first kappa shape index (κ1) is 20.9. The summed E-state index contributed by atoms with van der Waals surface area (Å²) in [5.41, 5.74) is 2.35. The van der Waals surface area contributed by atoms with Crippen LogP contribution in [-0.4, -0.2) is 31.3 Å². The first-order valence-corrected chi connectivity index (χ1v) is 9.98. The van der Waals surface area contributed by atoms with Gasteiger partial charge in [0.2, 0.25) is 5.91 Å². The lowest BCUT2D eigenvalue weighted by Gasteiger charge is -2.05. The molecule has 0 radical (unpaired) electrons. The van der Waals surface area contributed by atoms with Crippen LogP contribution in [0, 0.1) is 0 Å². The summed E-state index contributed by atoms with van der Waals surface area (Å²) in [7, 11) is 1.49. The topological polar surface area (TPSA) is 114 Å². The van der Waals surface area contributed by atoms with Gasteiger partial charge in [0, 0.05) is 24.5 Å². The number of likely N-dealkylation sites (N-methyl/N-ethyl adjacent to an activating group) is 1. The van der Waals surface area contributed by atoms with Gasteiger partial charge in [0.15, 0.2) is 11.5 Å². The second-order valence-electron chi connectivity index (χ2n) is 7.05. The van der Waals surface area contributed by atoms with Crippen molar-refractivity contribution in [3.05, 3.63) is 83.8 Å². The van der Waals surface area contributed by atoms with Gasteiger partial charge >= 0.3 is 0 Å². The molecular weight excluding hydrogens is 410 g/mol. The van der Waals surface area contributed by atoms with E-state index in [1.807, 2.05) is 48.5 Å². The average molecular weight is 431 g/mol. The summed E-state index contributed by atoms with van der Waals surface area (Å²) in [6.07, 6.45) is 0. The summed E-state index contributed by atoms with van der Waals surface area (Å²) in [5.74, 6) is -0.152. The molecule has 0 bridgehead atoms. The van der Waals surface area contributed by atoms with Crippen molar-refractivity contribution in [3.63, 3.8) is 0 Å². The van der Waals surface area contributed by atoms with Gasteiger partial charge in [-0.3, -0.25) is 14.4 Å². The largest absolute Gasteiger partial charge is 0.451 e. The van der Waals surface area contributed by atoms with E-state index in [0.717, 1.165) is 16.5 Å². The molecule has 4 aromatic rings. The summed E-state index contributed by atoms with van der Waals surface area (Å²) >= 11 is 0. The molecule has 0 spiro atoms. The maximum Gasteiger partial charge on any atom is 0.287 e. The van der Waals surface area contributed by atoms with Crippen LogP contribution in [0.1, 0.15) is 26.7 Å². The van der Waals surface area contributed by atoms with Crippen LogP contribution in [0.15, 0.2) is 75.6 Å². The van der Waals surface area contributed by atoms with E-state index in [9.17, 15) is 14.4 Å². The lowest BCUT2D eigenvalue weighted by molar-refractivity contribution is -0.119. The summed E-state index contributed by atoms with van der Waals surface area (Å²) in [5, 5.41) is 8.62. The molecule has 8 nitrogen and oxygen atoms in total. The third-order valence-corrected chi connectivity index (χ3v) is 4.86. The Morgan fingerprint density at radius 3 is 2.31 bits per heavy atom. The monoisotopic (exact) mass is 431 g/mol. The lowest BCUT2D eigenvalue weighted by atomic mass is 10.1. The highest BCUT2D eigenvalue weighted by Crippen LogP contribution is 2.23. The summed E-state index contributed by atoms with van der Waals surface area (Å²) in [6, 6.07) is 19.8. The molecule has 4 rings (SSSR count). The molecule has 0 saturated carbocycles. The first-order valence-electron chi connectivity index (χ1n) is 9.98. The Hall–Kier alpha value is -4.33. The molecule has 162 valence electrons. The normalized spacial score (nSPS) is 10.7. The zero-order valence-corrected chi connectivity index (χ0v) is 17.3. The van der Waals surface area contributed by atoms with E-state index >= 15 is 0 Å². The van der Waals surface area contributed by atoms with Crippen molar-refractivity contribution in [2.24, 2.45) is 0 Å². The van der Waals surface area contributed by atoms with Crippen LogP contribution in [0.4, 0.5) is 0 Å². The van der Waals surface area contributed by atoms with Gasteiger partial charge in [-0.1, -0.05) is 42.5 Å². The highest BCUT2D eigenvalue weighted by atomic mass is 16.4. The minimum atomic E-state index is -0.468. The van der Waals surface area contributed by atoms with Gasteiger partial charge in [-0.25, -0.2) is 0 Å². The minimum Gasteiger partial charge on any atom is -0.451 e. The number of nitrogens with one attached hydrogen (secondary N) is 3. The van der Waals surface area contributed by atoms with E-state index in [1.165, 1.54) is 7.05 Å². The summed E-state index contributed by atoms with van der Waals surface area (Å²) in [6.45, 7) is 0.210. The molecule has 32 heavy (non-hydrogen) atoms. The highest BCUT2D eigenvalue weighted by Gasteiger charge is 2.14. The van der Waals surface area contributed by atoms with Crippen LogP contribution in [0.2, 0.25) is 0 Å². The Balaban J connectivity index is 1.35. The van der Waals surface area contributed by atoms with Gasteiger partial charge in [0.1, 0.15) is 11.3 Å². The number of para-hydroxylation sites is 1. The fraction of sp³-hybridized carbons (Fsp3) is 0.125. The molecule has 3 N–H and O–H groups in total. The van der Waals surface area contributed by atoms with Crippen LogP contribution in [0.25, 0.3) is 22.3 Å². The van der Waals surface area contributed by atoms with E-state index in [1.54, 1.807) is 18.2 Å². The number of amides is 3. The van der Waals surface area contributed by atoms with Crippen molar-refractivity contribution in [2.75, 3.05) is 13.6 Å². The Kier molecular flexibility index (Phi) is 6.03. The molecule has 0 fully saturated rings. The molecule has 0 aliphatic heterocycles. The Morgan fingerprint density at radius 2 is 1.56 bits per heavy atom. The standard InChI is InChI=1S/C24H21N3O5/c1-25-22(28)14-27-23(29)20-11-10-19(31-20)16-8-6-15(7-9-16)13-26-24(30)21-12-17-4-2-3-5-18(17)32-21/h2-12H,13-14H2,1H3,(H,25,28)(H,26,30)(H,27,29). The van der Waals surface area contributed by atoms with Crippen molar-refractivity contribution in [3.8, 4) is 11.3 Å². The lowest BCUT2D eigenvalue weighted by Crippen LogP contribution is -2.34. The molecule has 8 heteroatoms. The second-order valence-corrected chi connectivity index (χ2v) is 7.05. The molecule has 0 unspecified atom stereocenters. The first-order chi connectivity index (χ1) is 15.5. The molecule has 2 aromatic carbocycles. The Labute approximate surface area is 183 Å². The van der Waals surface area contributed by atoms with Crippen LogP contribution in [0.5, 0.6) is 0 Å². The van der Waals surface area contributed by atoms with Crippen LogP contribution in [0.3, 0.4) is 0 Å². The molecule has 0 saturated heterocycles. The fourth-order valence-corrected chi connectivity index (χ4v) is 3.10. The second kappa shape index (κ2) is 9.22. The van der Waals surface area contributed by atoms with E-state index in [-0.39, 0.29) is 29.9 Å². The van der Waals surface area contributed by atoms with Gasteiger partial charge in [-0.05, 0) is 29.8 Å². The van der Waals surface area contributed by atoms with Gasteiger partial charge in [0.25, 0.3) is 11.8 Å². The molecule has 0 atom stereocenters. The SMILES string of the molecule is CNC(=O)CNC(=O)c1ccc(-c2ccc(CNC(=O)c3cc4ccccc4o3)cc2)o1. The van der Waals surface area contributed by atoms with Gasteiger partial charge in [-0.2, -0.15) is 0 Å².